The minimum Gasteiger partial charge on any atom is -0.513 e. The van der Waals surface area contributed by atoms with Gasteiger partial charge >= 0.3 is 0 Å². The van der Waals surface area contributed by atoms with Crippen LogP contribution in [0, 0.1) is 6.92 Å². The number of amides is 1. The van der Waals surface area contributed by atoms with Crippen molar-refractivity contribution in [2.24, 2.45) is 0 Å². The quantitative estimate of drug-likeness (QED) is 0.0710. The zero-order valence-corrected chi connectivity index (χ0v) is 24.5. The second kappa shape index (κ2) is 13.3. The lowest BCUT2D eigenvalue weighted by atomic mass is 9.94. The van der Waals surface area contributed by atoms with Crippen LogP contribution in [-0.2, 0) is 15.9 Å². The van der Waals surface area contributed by atoms with Crippen LogP contribution < -0.4 is 14.2 Å². The van der Waals surface area contributed by atoms with Gasteiger partial charge in [-0.05, 0) is 83.4 Å². The highest BCUT2D eigenvalue weighted by Crippen LogP contribution is 2.37. The third-order valence-electron chi connectivity index (χ3n) is 6.80. The van der Waals surface area contributed by atoms with E-state index in [1.165, 1.54) is 24.3 Å². The number of hydrogen-bond acceptors (Lipinski definition) is 9. The number of allylic oxidation sites excluding steroid dienone is 3. The number of Topliss-reactive ketones (excluding diaryl/α,β-unsaturated/α-hetero) is 1. The summed E-state index contributed by atoms with van der Waals surface area (Å²) in [5.74, 6) is -0.738. The summed E-state index contributed by atoms with van der Waals surface area (Å²) in [4.78, 5) is 26.3. The molecule has 0 saturated carbocycles. The summed E-state index contributed by atoms with van der Waals surface area (Å²) >= 11 is 3.94. The lowest BCUT2D eigenvalue weighted by Gasteiger charge is -2.41. The highest BCUT2D eigenvalue weighted by molar-refractivity contribution is 7.75. The minimum absolute atomic E-state index is 0.0529. The molecule has 2 unspecified atom stereocenters. The Hall–Kier alpha value is -3.47. The van der Waals surface area contributed by atoms with Gasteiger partial charge in [0.25, 0.3) is 5.91 Å². The summed E-state index contributed by atoms with van der Waals surface area (Å²) in [6.07, 6.45) is 3.64. The van der Waals surface area contributed by atoms with Gasteiger partial charge in [-0.25, -0.2) is 0 Å². The normalized spacial score (nSPS) is 18.5. The van der Waals surface area contributed by atoms with Crippen molar-refractivity contribution in [3.63, 3.8) is 0 Å². The predicted molar refractivity (Wildman–Crippen MR) is 154 cm³/mol. The Morgan fingerprint density at radius 2 is 1.93 bits per heavy atom. The molecule has 0 aliphatic carbocycles. The third kappa shape index (κ3) is 7.18. The number of aliphatic hydroxyl groups excluding tert-OH is 1. The van der Waals surface area contributed by atoms with Crippen LogP contribution in [0.3, 0.4) is 0 Å². The van der Waals surface area contributed by atoms with E-state index in [1.54, 1.807) is 20.1 Å². The number of aliphatic hydroxyl groups is 1. The second-order valence-corrected chi connectivity index (χ2v) is 10.6. The van der Waals surface area contributed by atoms with Gasteiger partial charge in [0.1, 0.15) is 23.5 Å². The van der Waals surface area contributed by atoms with Crippen molar-refractivity contribution in [3.8, 4) is 17.2 Å². The van der Waals surface area contributed by atoms with E-state index in [-0.39, 0.29) is 34.4 Å². The molecular weight excluding hydrogens is 534 g/mol. The summed E-state index contributed by atoms with van der Waals surface area (Å²) in [7, 11) is 1.65. The van der Waals surface area contributed by atoms with E-state index in [1.807, 2.05) is 33.8 Å². The molecule has 2 atom stereocenters. The molecule has 1 aliphatic rings. The van der Waals surface area contributed by atoms with Crippen molar-refractivity contribution >= 4 is 24.6 Å². The maximum absolute atomic E-state index is 13.3. The molecule has 1 aliphatic heterocycles. The van der Waals surface area contributed by atoms with Crippen molar-refractivity contribution in [3.05, 3.63) is 76.2 Å². The molecule has 216 valence electrons. The Bertz CT molecular complexity index is 1310. The van der Waals surface area contributed by atoms with Gasteiger partial charge in [-0.1, -0.05) is 11.6 Å². The van der Waals surface area contributed by atoms with Crippen molar-refractivity contribution in [1.82, 2.24) is 5.32 Å². The molecule has 10 heteroatoms. The number of phenolic OH excluding ortho intramolecular Hbond substituents is 1. The molecule has 1 saturated heterocycles. The largest absolute Gasteiger partial charge is 0.513 e. The van der Waals surface area contributed by atoms with Gasteiger partial charge in [-0.2, -0.15) is 0 Å². The smallest absolute Gasteiger partial charge is 0.255 e. The Kier molecular flexibility index (Phi) is 10.3. The van der Waals surface area contributed by atoms with Gasteiger partial charge in [0.05, 0.1) is 17.3 Å². The molecule has 0 aromatic heterocycles. The number of methoxy groups -OCH3 is 1. The molecule has 3 N–H and O–H groups in total. The average Bonchev–Trinajstić information content (AvgIpc) is 2.91. The van der Waals surface area contributed by atoms with E-state index in [2.05, 4.69) is 18.2 Å². The van der Waals surface area contributed by atoms with Crippen LogP contribution in [0.2, 0.25) is 0 Å². The number of carbonyl (C=O) groups excluding carboxylic acids is 2. The van der Waals surface area contributed by atoms with Gasteiger partial charge in [-0.3, -0.25) is 9.59 Å². The fourth-order valence-electron chi connectivity index (χ4n) is 4.52. The predicted octanol–water partition coefficient (Wildman–Crippen LogP) is 5.75. The van der Waals surface area contributed by atoms with Crippen LogP contribution in [0.4, 0.5) is 0 Å². The van der Waals surface area contributed by atoms with Crippen LogP contribution in [0.15, 0.2) is 53.9 Å². The first kappa shape index (κ1) is 31.1. The number of aromatic hydroxyl groups is 1. The van der Waals surface area contributed by atoms with Gasteiger partial charge in [0.2, 0.25) is 12.1 Å². The Morgan fingerprint density at radius 1 is 1.20 bits per heavy atom. The highest BCUT2D eigenvalue weighted by Gasteiger charge is 2.39. The molecule has 0 spiro atoms. The van der Waals surface area contributed by atoms with Crippen molar-refractivity contribution < 1.29 is 38.2 Å². The zero-order chi connectivity index (χ0) is 29.6. The first-order valence-corrected chi connectivity index (χ1v) is 13.3. The van der Waals surface area contributed by atoms with Gasteiger partial charge < -0.3 is 33.9 Å². The lowest BCUT2D eigenvalue weighted by molar-refractivity contribution is -0.233. The van der Waals surface area contributed by atoms with E-state index in [0.29, 0.717) is 36.0 Å². The fourth-order valence-corrected chi connectivity index (χ4v) is 4.76. The third-order valence-corrected chi connectivity index (χ3v) is 6.99. The summed E-state index contributed by atoms with van der Waals surface area (Å²) in [5.41, 5.74) is 1.45. The molecule has 1 amide bonds. The number of ketones is 1. The number of phenols is 1. The molecule has 1 fully saturated rings. The Balaban J connectivity index is 1.79. The van der Waals surface area contributed by atoms with Crippen LogP contribution >= 0.6 is 12.9 Å². The van der Waals surface area contributed by atoms with Crippen molar-refractivity contribution in [2.45, 2.75) is 71.9 Å². The van der Waals surface area contributed by atoms with Crippen LogP contribution in [0.5, 0.6) is 17.2 Å². The minimum atomic E-state index is -0.698. The first-order chi connectivity index (χ1) is 18.9. The van der Waals surface area contributed by atoms with Gasteiger partial charge in [-0.15, -0.1) is 0 Å². The maximum atomic E-state index is 13.3. The lowest BCUT2D eigenvalue weighted by Crippen LogP contribution is -2.49. The molecule has 0 bridgehead atoms. The number of ether oxygens (including phenoxy) is 3. The van der Waals surface area contributed by atoms with Crippen LogP contribution in [-0.4, -0.2) is 47.0 Å². The summed E-state index contributed by atoms with van der Waals surface area (Å²) in [6.45, 7) is 9.44. The Morgan fingerprint density at radius 3 is 2.52 bits per heavy atom. The van der Waals surface area contributed by atoms with Crippen LogP contribution in [0.25, 0.3) is 0 Å². The number of benzene rings is 2. The topological polar surface area (TPSA) is 124 Å². The van der Waals surface area contributed by atoms with Gasteiger partial charge in [0, 0.05) is 37.6 Å². The van der Waals surface area contributed by atoms with E-state index >= 15 is 0 Å². The zero-order valence-electron chi connectivity index (χ0n) is 23.6. The SMILES string of the molecule is COC1CCC(Oc2ccc(C(=O)C(=CO)NC(=O)c3ccc(O)c(CC=C(C)C)c3)c(OS)c2C)OC1(C)C. The number of thiol groups is 1. The average molecular weight is 572 g/mol. The number of nitrogens with one attached hydrogen (secondary N) is 1. The molecule has 40 heavy (non-hydrogen) atoms. The summed E-state index contributed by atoms with van der Waals surface area (Å²) in [6, 6.07) is 7.44. The summed E-state index contributed by atoms with van der Waals surface area (Å²) < 4.78 is 22.9. The number of carbonyl (C=O) groups is 2. The fraction of sp³-hybridized carbons (Fsp3) is 0.400. The maximum Gasteiger partial charge on any atom is 0.255 e. The molecule has 1 heterocycles. The van der Waals surface area contributed by atoms with Gasteiger partial charge in [0.15, 0.2) is 5.75 Å². The van der Waals surface area contributed by atoms with Crippen molar-refractivity contribution in [1.29, 1.82) is 0 Å². The van der Waals surface area contributed by atoms with E-state index in [0.717, 1.165) is 12.0 Å². The van der Waals surface area contributed by atoms with E-state index in [9.17, 15) is 19.8 Å². The second-order valence-electron chi connectivity index (χ2n) is 10.4. The standard InChI is InChI=1S/C30H37NO8S/c1-17(2)7-8-19-15-20(9-11-23(19)33)29(35)31-22(16-32)27(34)21-10-12-24(18(3)28(21)39-40)37-26-14-13-25(36-6)30(4,5)38-26/h7,9-12,15-16,25-26,32-33,40H,8,13-14H2,1-6H3,(H,31,35). The number of rotatable bonds is 10. The molecular formula is C30H37NO8S. The van der Waals surface area contributed by atoms with Crippen molar-refractivity contribution in [2.75, 3.05) is 7.11 Å². The molecule has 9 nitrogen and oxygen atoms in total. The monoisotopic (exact) mass is 571 g/mol. The van der Waals surface area contributed by atoms with E-state index < -0.39 is 23.6 Å². The highest BCUT2D eigenvalue weighted by atomic mass is 32.1. The summed E-state index contributed by atoms with van der Waals surface area (Å²) in [5, 5.41) is 22.4. The Labute approximate surface area is 240 Å². The van der Waals surface area contributed by atoms with Crippen LogP contribution in [0.1, 0.15) is 72.4 Å². The molecule has 0 radical (unpaired) electrons. The van der Waals surface area contributed by atoms with E-state index in [4.69, 9.17) is 18.4 Å². The molecule has 2 aromatic carbocycles. The molecule has 2 aromatic rings. The first-order valence-electron chi connectivity index (χ1n) is 12.9. The number of hydrogen-bond donors (Lipinski definition) is 4. The molecule has 3 rings (SSSR count).